The third kappa shape index (κ3) is 1.87. The fourth-order valence-electron chi connectivity index (χ4n) is 6.23. The standard InChI is InChI=1S/C22H28N2O2/c1-3-24(12-13-4-5-13)18-10-22(16-8-14(25-2)6-7-15(16)18)20-9-17-21(22)19(26-20)11-23-17/h6-8,10,13,17,19-21,23H,3-5,9,11-12H2,1-2H3/t17?,19-,20?,21?,22?/m1/s1. The summed E-state index contributed by atoms with van der Waals surface area (Å²) in [7, 11) is 1.77. The molecule has 1 spiro atoms. The van der Waals surface area contributed by atoms with Crippen LogP contribution < -0.4 is 10.1 Å². The first-order valence-electron chi connectivity index (χ1n) is 10.3. The maximum absolute atomic E-state index is 6.51. The second-order valence-corrected chi connectivity index (χ2v) is 8.80. The second-order valence-electron chi connectivity index (χ2n) is 8.80. The van der Waals surface area contributed by atoms with Gasteiger partial charge in [-0.25, -0.2) is 0 Å². The minimum Gasteiger partial charge on any atom is -0.497 e. The van der Waals surface area contributed by atoms with Crippen LogP contribution in [0.2, 0.25) is 0 Å². The van der Waals surface area contributed by atoms with Crippen LogP contribution in [0.25, 0.3) is 5.70 Å². The summed E-state index contributed by atoms with van der Waals surface area (Å²) in [5, 5.41) is 3.72. The Morgan fingerprint density at radius 3 is 2.96 bits per heavy atom. The van der Waals surface area contributed by atoms with E-state index in [4.69, 9.17) is 9.47 Å². The molecule has 5 atom stereocenters. The Bertz CT molecular complexity index is 772. The fourth-order valence-corrected chi connectivity index (χ4v) is 6.23. The molecule has 1 N–H and O–H groups in total. The van der Waals surface area contributed by atoms with Crippen molar-refractivity contribution in [1.82, 2.24) is 10.2 Å². The summed E-state index contributed by atoms with van der Waals surface area (Å²) < 4.78 is 12.1. The lowest BCUT2D eigenvalue weighted by atomic mass is 9.73. The molecule has 6 rings (SSSR count). The maximum atomic E-state index is 6.51. The van der Waals surface area contributed by atoms with Crippen LogP contribution in [0.1, 0.15) is 37.3 Å². The van der Waals surface area contributed by atoms with Crippen molar-refractivity contribution in [3.63, 3.8) is 0 Å². The number of hydrogen-bond acceptors (Lipinski definition) is 4. The van der Waals surface area contributed by atoms with Crippen molar-refractivity contribution in [2.24, 2.45) is 11.8 Å². The van der Waals surface area contributed by atoms with Gasteiger partial charge in [0.2, 0.25) is 0 Å². The molecule has 0 aromatic heterocycles. The quantitative estimate of drug-likeness (QED) is 0.884. The summed E-state index contributed by atoms with van der Waals surface area (Å²) in [5.74, 6) is 2.42. The summed E-state index contributed by atoms with van der Waals surface area (Å²) in [5.41, 5.74) is 4.34. The molecule has 2 aliphatic heterocycles. The number of nitrogens with zero attached hydrogens (tertiary/aromatic N) is 1. The number of hydrogen-bond donors (Lipinski definition) is 1. The number of ether oxygens (including phenoxy) is 2. The molecule has 5 aliphatic rings. The first-order chi connectivity index (χ1) is 12.7. The number of rotatable bonds is 5. The minimum atomic E-state index is 0.0367. The van der Waals surface area contributed by atoms with Gasteiger partial charge in [0, 0.05) is 48.3 Å². The maximum Gasteiger partial charge on any atom is 0.119 e. The van der Waals surface area contributed by atoms with Crippen LogP contribution in [0, 0.1) is 11.8 Å². The zero-order chi connectivity index (χ0) is 17.5. The number of fused-ring (bicyclic) bond motifs is 1. The van der Waals surface area contributed by atoms with Crippen LogP contribution >= 0.6 is 0 Å². The lowest BCUT2D eigenvalue weighted by Gasteiger charge is -2.28. The van der Waals surface area contributed by atoms with E-state index in [-0.39, 0.29) is 5.41 Å². The smallest absolute Gasteiger partial charge is 0.119 e. The monoisotopic (exact) mass is 352 g/mol. The molecule has 2 bridgehead atoms. The van der Waals surface area contributed by atoms with Crippen molar-refractivity contribution in [1.29, 1.82) is 0 Å². The number of methoxy groups -OCH3 is 1. The van der Waals surface area contributed by atoms with E-state index in [0.717, 1.165) is 31.2 Å². The van der Waals surface area contributed by atoms with E-state index in [2.05, 4.69) is 41.4 Å². The Balaban J connectivity index is 1.51. The molecule has 4 unspecified atom stereocenters. The van der Waals surface area contributed by atoms with E-state index in [9.17, 15) is 0 Å². The topological polar surface area (TPSA) is 33.7 Å². The molecule has 2 heterocycles. The Kier molecular flexibility index (Phi) is 3.14. The molecule has 0 radical (unpaired) electrons. The summed E-state index contributed by atoms with van der Waals surface area (Å²) in [4.78, 5) is 2.62. The van der Waals surface area contributed by atoms with Crippen LogP contribution in [0.4, 0.5) is 0 Å². The van der Waals surface area contributed by atoms with E-state index in [1.807, 2.05) is 0 Å². The average Bonchev–Trinajstić information content (AvgIpc) is 3.17. The van der Waals surface area contributed by atoms with Crippen LogP contribution in [0.5, 0.6) is 5.75 Å². The van der Waals surface area contributed by atoms with E-state index < -0.39 is 0 Å². The van der Waals surface area contributed by atoms with Gasteiger partial charge in [0.15, 0.2) is 0 Å². The van der Waals surface area contributed by atoms with Crippen LogP contribution in [-0.4, -0.2) is 49.9 Å². The number of nitrogens with one attached hydrogen (secondary N) is 1. The lowest BCUT2D eigenvalue weighted by molar-refractivity contribution is 0.0233. The van der Waals surface area contributed by atoms with Gasteiger partial charge in [-0.15, -0.1) is 0 Å². The van der Waals surface area contributed by atoms with Gasteiger partial charge in [-0.1, -0.05) is 0 Å². The summed E-state index contributed by atoms with van der Waals surface area (Å²) in [6, 6.07) is 7.31. The first-order valence-corrected chi connectivity index (χ1v) is 10.3. The SMILES string of the molecule is CCN(CC1CC1)C1=CC2(c3cc(OC)ccc31)C1CC3NC[C@@H](O1)C32. The molecule has 3 aliphatic carbocycles. The van der Waals surface area contributed by atoms with Gasteiger partial charge in [-0.2, -0.15) is 0 Å². The highest BCUT2D eigenvalue weighted by Crippen LogP contribution is 2.62. The van der Waals surface area contributed by atoms with Gasteiger partial charge < -0.3 is 19.7 Å². The van der Waals surface area contributed by atoms with Gasteiger partial charge in [0.1, 0.15) is 5.75 Å². The van der Waals surface area contributed by atoms with Gasteiger partial charge in [-0.05, 0) is 61.9 Å². The summed E-state index contributed by atoms with van der Waals surface area (Å²) in [6.07, 6.45) is 7.20. The fraction of sp³-hybridized carbons (Fsp3) is 0.636. The van der Waals surface area contributed by atoms with Crippen molar-refractivity contribution in [3.8, 4) is 5.75 Å². The van der Waals surface area contributed by atoms with E-state index >= 15 is 0 Å². The molecular weight excluding hydrogens is 324 g/mol. The van der Waals surface area contributed by atoms with Crippen LogP contribution in [0.3, 0.4) is 0 Å². The highest BCUT2D eigenvalue weighted by Gasteiger charge is 2.68. The van der Waals surface area contributed by atoms with Gasteiger partial charge >= 0.3 is 0 Å². The molecular formula is C22H28N2O2. The molecule has 4 heteroatoms. The molecule has 1 aromatic carbocycles. The van der Waals surface area contributed by atoms with Crippen molar-refractivity contribution in [3.05, 3.63) is 35.4 Å². The van der Waals surface area contributed by atoms with Gasteiger partial charge in [0.25, 0.3) is 0 Å². The Hall–Kier alpha value is -1.52. The summed E-state index contributed by atoms with van der Waals surface area (Å²) >= 11 is 0. The third-order valence-corrected chi connectivity index (χ3v) is 7.55. The van der Waals surface area contributed by atoms with Crippen molar-refractivity contribution in [2.75, 3.05) is 26.7 Å². The van der Waals surface area contributed by atoms with Gasteiger partial charge in [-0.3, -0.25) is 0 Å². The third-order valence-electron chi connectivity index (χ3n) is 7.55. The predicted molar refractivity (Wildman–Crippen MR) is 101 cm³/mol. The molecule has 26 heavy (non-hydrogen) atoms. The van der Waals surface area contributed by atoms with Crippen molar-refractivity contribution >= 4 is 5.70 Å². The zero-order valence-electron chi connectivity index (χ0n) is 15.7. The second kappa shape index (κ2) is 5.26. The summed E-state index contributed by atoms with van der Waals surface area (Å²) in [6.45, 7) is 5.58. The Morgan fingerprint density at radius 2 is 2.23 bits per heavy atom. The predicted octanol–water partition coefficient (Wildman–Crippen LogP) is 2.78. The zero-order valence-corrected chi connectivity index (χ0v) is 15.7. The Morgan fingerprint density at radius 1 is 1.35 bits per heavy atom. The van der Waals surface area contributed by atoms with E-state index in [1.54, 1.807) is 7.11 Å². The van der Waals surface area contributed by atoms with Gasteiger partial charge in [0.05, 0.1) is 19.3 Å². The minimum absolute atomic E-state index is 0.0367. The molecule has 4 nitrogen and oxygen atoms in total. The highest BCUT2D eigenvalue weighted by molar-refractivity contribution is 5.78. The first kappa shape index (κ1) is 15.5. The lowest BCUT2D eigenvalue weighted by Crippen LogP contribution is -2.34. The van der Waals surface area contributed by atoms with Crippen molar-refractivity contribution < 1.29 is 9.47 Å². The van der Waals surface area contributed by atoms with Crippen molar-refractivity contribution in [2.45, 2.75) is 49.9 Å². The normalized spacial score (nSPS) is 38.8. The van der Waals surface area contributed by atoms with Crippen LogP contribution in [-0.2, 0) is 10.2 Å². The average molecular weight is 352 g/mol. The molecule has 0 amide bonds. The molecule has 4 fully saturated rings. The number of benzene rings is 1. The molecule has 138 valence electrons. The molecule has 1 aromatic rings. The highest BCUT2D eigenvalue weighted by atomic mass is 16.5. The van der Waals surface area contributed by atoms with E-state index in [0.29, 0.717) is 24.2 Å². The van der Waals surface area contributed by atoms with E-state index in [1.165, 1.54) is 36.2 Å². The largest absolute Gasteiger partial charge is 0.497 e. The Labute approximate surface area is 155 Å². The molecule has 2 saturated carbocycles. The molecule has 2 saturated heterocycles. The van der Waals surface area contributed by atoms with Crippen LogP contribution in [0.15, 0.2) is 24.3 Å².